The van der Waals surface area contributed by atoms with E-state index in [0.29, 0.717) is 25.3 Å². The van der Waals surface area contributed by atoms with Crippen molar-refractivity contribution in [1.29, 1.82) is 0 Å². The number of hydrogen-bond donors (Lipinski definition) is 1. The molecule has 2 aliphatic rings. The molecule has 38 heavy (non-hydrogen) atoms. The van der Waals surface area contributed by atoms with Gasteiger partial charge < -0.3 is 15.1 Å². The molecule has 0 aliphatic carbocycles. The maximum absolute atomic E-state index is 13.7. The number of hydrogen-bond acceptors (Lipinski definition) is 5. The topological polar surface area (TPSA) is 76.2 Å². The zero-order valence-corrected chi connectivity index (χ0v) is 22.9. The zero-order chi connectivity index (χ0) is 27.1. The van der Waals surface area contributed by atoms with Crippen molar-refractivity contribution in [2.24, 2.45) is 0 Å². The highest BCUT2D eigenvalue weighted by molar-refractivity contribution is 8.21. The van der Waals surface area contributed by atoms with Crippen LogP contribution in [0.5, 0.6) is 0 Å². The number of amides is 4. The third-order valence-corrected chi connectivity index (χ3v) is 7.78. The first-order chi connectivity index (χ1) is 18.4. The Kier molecular flexibility index (Phi) is 9.56. The van der Waals surface area contributed by atoms with Crippen LogP contribution >= 0.6 is 21.7 Å². The van der Waals surface area contributed by atoms with E-state index in [9.17, 15) is 14.4 Å². The zero-order valence-electron chi connectivity index (χ0n) is 21.3. The molecule has 0 spiro atoms. The van der Waals surface area contributed by atoms with Crippen LogP contribution in [0.4, 0.5) is 4.79 Å². The molecule has 2 aromatic carbocycles. The summed E-state index contributed by atoms with van der Waals surface area (Å²) in [6.07, 6.45) is 5.32. The predicted molar refractivity (Wildman–Crippen MR) is 150 cm³/mol. The third kappa shape index (κ3) is 6.26. The van der Waals surface area contributed by atoms with Crippen LogP contribution in [0, 0.1) is 12.3 Å². The summed E-state index contributed by atoms with van der Waals surface area (Å²) in [5.74, 6) is 2.76. The number of carbonyl (C=O) groups is 3. The Hall–Kier alpha value is -3.19. The lowest BCUT2D eigenvalue weighted by Gasteiger charge is -2.55. The van der Waals surface area contributed by atoms with Gasteiger partial charge in [0, 0.05) is 18.8 Å². The molecule has 4 rings (SSSR count). The molecule has 1 unspecified atom stereocenters. The van der Waals surface area contributed by atoms with E-state index in [-0.39, 0.29) is 43.4 Å². The second-order valence-electron chi connectivity index (χ2n) is 9.47. The molecule has 0 aromatic heterocycles. The summed E-state index contributed by atoms with van der Waals surface area (Å²) in [5.41, 5.74) is 2.06. The van der Waals surface area contributed by atoms with E-state index in [1.54, 1.807) is 14.8 Å². The molecule has 0 radical (unpaired) electrons. The fourth-order valence-electron chi connectivity index (χ4n) is 5.11. The number of benzene rings is 2. The maximum Gasteiger partial charge on any atom is 0.334 e. The third-order valence-electron chi connectivity index (χ3n) is 6.93. The molecule has 0 saturated carbocycles. The summed E-state index contributed by atoms with van der Waals surface area (Å²) in [7, 11) is 7.01. The molecule has 2 aromatic rings. The second kappa shape index (κ2) is 13.1. The molecule has 8 nitrogen and oxygen atoms in total. The highest BCUT2D eigenvalue weighted by atomic mass is 35.7. The standard InChI is InChI=1S/C28H32ClN5O3S/c1-3-15-32-20-26(35)33-24(14-16-38-29)27(36)31(18-21(2)23-12-8-5-9-13-23)19-25(33)34(32)28(37)30-17-22-10-6-4-7-11-22/h1,4-13,21,24-25H,14-20H2,2H3,(H,30,37)/t21?,24-,25-/m0/s1. The summed E-state index contributed by atoms with van der Waals surface area (Å²) < 4.78 is 0. The highest BCUT2D eigenvalue weighted by Gasteiger charge is 2.51. The van der Waals surface area contributed by atoms with Gasteiger partial charge >= 0.3 is 6.03 Å². The molecule has 2 heterocycles. The lowest BCUT2D eigenvalue weighted by molar-refractivity contribution is -0.189. The van der Waals surface area contributed by atoms with Crippen LogP contribution in [0.15, 0.2) is 60.7 Å². The quantitative estimate of drug-likeness (QED) is 0.481. The van der Waals surface area contributed by atoms with Gasteiger partial charge in [-0.15, -0.1) is 6.42 Å². The molecule has 0 bridgehead atoms. The van der Waals surface area contributed by atoms with Crippen molar-refractivity contribution in [3.63, 3.8) is 0 Å². The van der Waals surface area contributed by atoms with Gasteiger partial charge in [0.05, 0.1) is 19.6 Å². The van der Waals surface area contributed by atoms with Crippen LogP contribution in [0.3, 0.4) is 0 Å². The summed E-state index contributed by atoms with van der Waals surface area (Å²) in [6, 6.07) is 18.5. The first-order valence-electron chi connectivity index (χ1n) is 12.6. The van der Waals surface area contributed by atoms with Gasteiger partial charge in [0.15, 0.2) is 0 Å². The van der Waals surface area contributed by atoms with E-state index in [4.69, 9.17) is 17.1 Å². The summed E-state index contributed by atoms with van der Waals surface area (Å²) in [4.78, 5) is 44.0. The molecule has 1 N–H and O–H groups in total. The number of rotatable bonds is 9. The number of halogens is 1. The number of piperazine rings is 1. The fourth-order valence-corrected chi connectivity index (χ4v) is 5.69. The molecule has 2 aliphatic heterocycles. The number of carbonyl (C=O) groups excluding carboxylic acids is 3. The molecule has 4 amide bonds. The summed E-state index contributed by atoms with van der Waals surface area (Å²) in [5, 5.41) is 6.08. The Morgan fingerprint density at radius 2 is 1.84 bits per heavy atom. The summed E-state index contributed by atoms with van der Waals surface area (Å²) in [6.45, 7) is 3.04. The van der Waals surface area contributed by atoms with E-state index in [0.717, 1.165) is 22.1 Å². The van der Waals surface area contributed by atoms with E-state index in [2.05, 4.69) is 18.2 Å². The van der Waals surface area contributed by atoms with Crippen molar-refractivity contribution < 1.29 is 14.4 Å². The Bertz CT molecular complexity index is 1160. The van der Waals surface area contributed by atoms with Crippen molar-refractivity contribution in [2.45, 2.75) is 38.0 Å². The monoisotopic (exact) mass is 553 g/mol. The number of urea groups is 1. The number of nitrogens with zero attached hydrogens (tertiary/aromatic N) is 4. The highest BCUT2D eigenvalue weighted by Crippen LogP contribution is 2.30. The van der Waals surface area contributed by atoms with Crippen LogP contribution in [0.25, 0.3) is 0 Å². The molecule has 2 saturated heterocycles. The first kappa shape index (κ1) is 27.8. The van der Waals surface area contributed by atoms with Gasteiger partial charge in [-0.25, -0.2) is 9.80 Å². The average molecular weight is 554 g/mol. The lowest BCUT2D eigenvalue weighted by Crippen LogP contribution is -2.76. The number of terminal acetylenes is 1. The summed E-state index contributed by atoms with van der Waals surface area (Å²) >= 11 is 0. The van der Waals surface area contributed by atoms with E-state index < -0.39 is 12.2 Å². The van der Waals surface area contributed by atoms with Crippen LogP contribution in [-0.4, -0.2) is 81.8 Å². The van der Waals surface area contributed by atoms with Gasteiger partial charge in [-0.3, -0.25) is 9.59 Å². The maximum atomic E-state index is 13.7. The van der Waals surface area contributed by atoms with Crippen molar-refractivity contribution in [1.82, 2.24) is 25.1 Å². The Balaban J connectivity index is 1.63. The Morgan fingerprint density at radius 3 is 2.50 bits per heavy atom. The minimum atomic E-state index is -0.715. The normalized spacial score (nSPS) is 20.6. The van der Waals surface area contributed by atoms with Crippen molar-refractivity contribution >= 4 is 39.5 Å². The van der Waals surface area contributed by atoms with Gasteiger partial charge in [-0.2, -0.15) is 5.01 Å². The van der Waals surface area contributed by atoms with Gasteiger partial charge in [0.1, 0.15) is 12.2 Å². The van der Waals surface area contributed by atoms with Crippen molar-refractivity contribution in [3.05, 3.63) is 71.8 Å². The minimum Gasteiger partial charge on any atom is -0.336 e. The van der Waals surface area contributed by atoms with Crippen molar-refractivity contribution in [2.75, 3.05) is 31.9 Å². The number of hydrazine groups is 1. The molecule has 2 fully saturated rings. The SMILES string of the molecule is C#CCN1CC(=O)N2[C@@H](CCSCl)C(=O)N(CC(C)c3ccccc3)C[C@@H]2N1C(=O)NCc1ccccc1. The largest absolute Gasteiger partial charge is 0.336 e. The van der Waals surface area contributed by atoms with Gasteiger partial charge in [-0.05, 0) is 34.1 Å². The predicted octanol–water partition coefficient (Wildman–Crippen LogP) is 3.51. The average Bonchev–Trinajstić information content (AvgIpc) is 2.93. The first-order valence-corrected chi connectivity index (χ1v) is 14.4. The van der Waals surface area contributed by atoms with Gasteiger partial charge in [0.2, 0.25) is 11.8 Å². The van der Waals surface area contributed by atoms with E-state index in [1.807, 2.05) is 60.7 Å². The van der Waals surface area contributed by atoms with E-state index >= 15 is 0 Å². The van der Waals surface area contributed by atoms with Crippen LogP contribution in [-0.2, 0) is 16.1 Å². The van der Waals surface area contributed by atoms with Gasteiger partial charge in [-0.1, -0.05) is 84.5 Å². The van der Waals surface area contributed by atoms with E-state index in [1.165, 1.54) is 5.01 Å². The molecular weight excluding hydrogens is 522 g/mol. The molecular formula is C28H32ClN5O3S. The molecule has 10 heteroatoms. The minimum absolute atomic E-state index is 0.0659. The second-order valence-corrected chi connectivity index (χ2v) is 10.8. The number of fused-ring (bicyclic) bond motifs is 1. The number of nitrogens with one attached hydrogen (secondary N) is 1. The Morgan fingerprint density at radius 1 is 1.16 bits per heavy atom. The smallest absolute Gasteiger partial charge is 0.334 e. The Labute approximate surface area is 232 Å². The molecule has 3 atom stereocenters. The van der Waals surface area contributed by atoms with Gasteiger partial charge in [0.25, 0.3) is 0 Å². The fraction of sp³-hybridized carbons (Fsp3) is 0.393. The molecule has 200 valence electrons. The van der Waals surface area contributed by atoms with Crippen LogP contribution < -0.4 is 5.32 Å². The van der Waals surface area contributed by atoms with Crippen LogP contribution in [0.1, 0.15) is 30.4 Å². The van der Waals surface area contributed by atoms with Crippen molar-refractivity contribution in [3.8, 4) is 12.3 Å². The lowest BCUT2D eigenvalue weighted by atomic mass is 9.98. The van der Waals surface area contributed by atoms with Crippen LogP contribution in [0.2, 0.25) is 0 Å².